The highest BCUT2D eigenvalue weighted by Gasteiger charge is 2.13. The van der Waals surface area contributed by atoms with Gasteiger partial charge in [0.1, 0.15) is 0 Å². The first-order valence-corrected chi connectivity index (χ1v) is 7.36. The Labute approximate surface area is 130 Å². The SMILES string of the molecule is CCC(=O)OCC(=O)Nc1cccc(C(=O)N(CC)CC)c1. The Bertz CT molecular complexity index is 539. The Hall–Kier alpha value is -2.37. The number of esters is 1. The molecule has 0 bridgehead atoms. The van der Waals surface area contributed by atoms with E-state index < -0.39 is 11.9 Å². The third kappa shape index (κ3) is 5.20. The van der Waals surface area contributed by atoms with E-state index in [0.717, 1.165) is 0 Å². The molecule has 120 valence electrons. The van der Waals surface area contributed by atoms with Crippen molar-refractivity contribution in [1.29, 1.82) is 0 Å². The molecule has 1 aromatic rings. The quantitative estimate of drug-likeness (QED) is 0.782. The Morgan fingerprint density at radius 1 is 1.14 bits per heavy atom. The van der Waals surface area contributed by atoms with E-state index in [2.05, 4.69) is 5.32 Å². The highest BCUT2D eigenvalue weighted by atomic mass is 16.5. The molecule has 0 unspecified atom stereocenters. The van der Waals surface area contributed by atoms with Crippen LogP contribution in [0.25, 0.3) is 0 Å². The fourth-order valence-electron chi connectivity index (χ4n) is 1.87. The van der Waals surface area contributed by atoms with Crippen LogP contribution >= 0.6 is 0 Å². The first-order chi connectivity index (χ1) is 10.5. The minimum Gasteiger partial charge on any atom is -0.456 e. The number of hydrogen-bond donors (Lipinski definition) is 1. The fourth-order valence-corrected chi connectivity index (χ4v) is 1.87. The Morgan fingerprint density at radius 3 is 2.41 bits per heavy atom. The molecule has 0 aliphatic heterocycles. The number of anilines is 1. The molecular weight excluding hydrogens is 284 g/mol. The molecule has 0 aromatic heterocycles. The molecule has 22 heavy (non-hydrogen) atoms. The second-order valence-electron chi connectivity index (χ2n) is 4.62. The van der Waals surface area contributed by atoms with Crippen molar-refractivity contribution in [2.75, 3.05) is 25.0 Å². The molecule has 1 N–H and O–H groups in total. The maximum absolute atomic E-state index is 12.2. The number of nitrogens with one attached hydrogen (secondary N) is 1. The summed E-state index contributed by atoms with van der Waals surface area (Å²) in [5.74, 6) is -0.951. The van der Waals surface area contributed by atoms with Gasteiger partial charge in [0.25, 0.3) is 11.8 Å². The van der Waals surface area contributed by atoms with Crippen molar-refractivity contribution in [3.63, 3.8) is 0 Å². The van der Waals surface area contributed by atoms with Gasteiger partial charge in [0.2, 0.25) is 0 Å². The van der Waals surface area contributed by atoms with Gasteiger partial charge < -0.3 is 15.0 Å². The van der Waals surface area contributed by atoms with Crippen LogP contribution in [0.5, 0.6) is 0 Å². The van der Waals surface area contributed by atoms with Gasteiger partial charge in [-0.15, -0.1) is 0 Å². The molecule has 6 heteroatoms. The van der Waals surface area contributed by atoms with E-state index in [1.54, 1.807) is 36.1 Å². The summed E-state index contributed by atoms with van der Waals surface area (Å²) in [6.45, 7) is 6.39. The average Bonchev–Trinajstić information content (AvgIpc) is 2.53. The second-order valence-corrected chi connectivity index (χ2v) is 4.62. The summed E-state index contributed by atoms with van der Waals surface area (Å²) >= 11 is 0. The van der Waals surface area contributed by atoms with Crippen LogP contribution in [0.4, 0.5) is 5.69 Å². The van der Waals surface area contributed by atoms with Crippen LogP contribution < -0.4 is 5.32 Å². The molecule has 0 fully saturated rings. The molecule has 0 spiro atoms. The van der Waals surface area contributed by atoms with E-state index in [1.165, 1.54) is 0 Å². The van der Waals surface area contributed by atoms with E-state index in [1.807, 2.05) is 13.8 Å². The lowest BCUT2D eigenvalue weighted by molar-refractivity contribution is -0.146. The predicted octanol–water partition coefficient (Wildman–Crippen LogP) is 2.06. The van der Waals surface area contributed by atoms with E-state index in [4.69, 9.17) is 4.74 Å². The Balaban J connectivity index is 2.70. The summed E-state index contributed by atoms with van der Waals surface area (Å²) in [7, 11) is 0. The van der Waals surface area contributed by atoms with Crippen LogP contribution in [0.3, 0.4) is 0 Å². The smallest absolute Gasteiger partial charge is 0.306 e. The molecule has 0 radical (unpaired) electrons. The van der Waals surface area contributed by atoms with Crippen LogP contribution in [0.15, 0.2) is 24.3 Å². The zero-order chi connectivity index (χ0) is 16.5. The largest absolute Gasteiger partial charge is 0.456 e. The maximum atomic E-state index is 12.2. The zero-order valence-electron chi connectivity index (χ0n) is 13.2. The number of rotatable bonds is 7. The van der Waals surface area contributed by atoms with Gasteiger partial charge in [-0.3, -0.25) is 14.4 Å². The molecule has 0 aliphatic carbocycles. The van der Waals surface area contributed by atoms with Crippen LogP contribution in [0.1, 0.15) is 37.6 Å². The molecule has 0 atom stereocenters. The minimum absolute atomic E-state index is 0.0847. The molecule has 1 rings (SSSR count). The molecule has 0 saturated carbocycles. The van der Waals surface area contributed by atoms with Gasteiger partial charge in [0.15, 0.2) is 6.61 Å². The van der Waals surface area contributed by atoms with Crippen molar-refractivity contribution in [3.8, 4) is 0 Å². The summed E-state index contributed by atoms with van der Waals surface area (Å²) in [6, 6.07) is 6.69. The third-order valence-corrected chi connectivity index (χ3v) is 3.10. The summed E-state index contributed by atoms with van der Waals surface area (Å²) in [6.07, 6.45) is 0.223. The van der Waals surface area contributed by atoms with Gasteiger partial charge in [-0.25, -0.2) is 0 Å². The number of benzene rings is 1. The maximum Gasteiger partial charge on any atom is 0.306 e. The fraction of sp³-hybridized carbons (Fsp3) is 0.438. The van der Waals surface area contributed by atoms with Crippen LogP contribution in [0.2, 0.25) is 0 Å². The number of nitrogens with zero attached hydrogens (tertiary/aromatic N) is 1. The Kier molecular flexibility index (Phi) is 7.08. The van der Waals surface area contributed by atoms with Gasteiger partial charge in [-0.2, -0.15) is 0 Å². The molecule has 0 saturated heterocycles. The van der Waals surface area contributed by atoms with Crippen molar-refractivity contribution < 1.29 is 19.1 Å². The summed E-state index contributed by atoms with van der Waals surface area (Å²) in [5.41, 5.74) is 1.00. The van der Waals surface area contributed by atoms with Crippen molar-refractivity contribution in [2.45, 2.75) is 27.2 Å². The van der Waals surface area contributed by atoms with E-state index >= 15 is 0 Å². The van der Waals surface area contributed by atoms with Gasteiger partial charge in [0, 0.05) is 30.8 Å². The van der Waals surface area contributed by atoms with Gasteiger partial charge in [-0.1, -0.05) is 13.0 Å². The van der Waals surface area contributed by atoms with Gasteiger partial charge >= 0.3 is 5.97 Å². The second kappa shape index (κ2) is 8.81. The third-order valence-electron chi connectivity index (χ3n) is 3.10. The van der Waals surface area contributed by atoms with Crippen LogP contribution in [-0.4, -0.2) is 42.4 Å². The van der Waals surface area contributed by atoms with Crippen molar-refractivity contribution in [3.05, 3.63) is 29.8 Å². The summed E-state index contributed by atoms with van der Waals surface area (Å²) < 4.78 is 4.75. The number of amides is 2. The molecular formula is C16H22N2O4. The van der Waals surface area contributed by atoms with Gasteiger partial charge in [-0.05, 0) is 32.0 Å². The lowest BCUT2D eigenvalue weighted by Gasteiger charge is -2.19. The number of ether oxygens (including phenoxy) is 1. The van der Waals surface area contributed by atoms with Crippen molar-refractivity contribution in [2.24, 2.45) is 0 Å². The number of carbonyl (C=O) groups is 3. The molecule has 0 heterocycles. The number of carbonyl (C=O) groups excluding carboxylic acids is 3. The number of hydrogen-bond acceptors (Lipinski definition) is 4. The van der Waals surface area contributed by atoms with E-state index in [9.17, 15) is 14.4 Å². The standard InChI is InChI=1S/C16H22N2O4/c1-4-15(20)22-11-14(19)17-13-9-7-8-12(10-13)16(21)18(5-2)6-3/h7-10H,4-6,11H2,1-3H3,(H,17,19). The highest BCUT2D eigenvalue weighted by molar-refractivity contribution is 5.97. The van der Waals surface area contributed by atoms with Crippen LogP contribution in [-0.2, 0) is 14.3 Å². The molecule has 6 nitrogen and oxygen atoms in total. The minimum atomic E-state index is -0.436. The predicted molar refractivity (Wildman–Crippen MR) is 83.6 cm³/mol. The molecule has 1 aromatic carbocycles. The normalized spacial score (nSPS) is 9.95. The van der Waals surface area contributed by atoms with Crippen molar-refractivity contribution >= 4 is 23.5 Å². The molecule has 2 amide bonds. The van der Waals surface area contributed by atoms with Gasteiger partial charge in [0.05, 0.1) is 0 Å². The average molecular weight is 306 g/mol. The topological polar surface area (TPSA) is 75.7 Å². The lowest BCUT2D eigenvalue weighted by atomic mass is 10.1. The van der Waals surface area contributed by atoms with E-state index in [-0.39, 0.29) is 18.9 Å². The molecule has 0 aliphatic rings. The van der Waals surface area contributed by atoms with Crippen LogP contribution in [0, 0.1) is 0 Å². The van der Waals surface area contributed by atoms with E-state index in [0.29, 0.717) is 24.3 Å². The lowest BCUT2D eigenvalue weighted by Crippen LogP contribution is -2.30. The first-order valence-electron chi connectivity index (χ1n) is 7.36. The Morgan fingerprint density at radius 2 is 1.82 bits per heavy atom. The first kappa shape index (κ1) is 17.7. The van der Waals surface area contributed by atoms with Crippen molar-refractivity contribution in [1.82, 2.24) is 4.90 Å². The highest BCUT2D eigenvalue weighted by Crippen LogP contribution is 2.13. The summed E-state index contributed by atoms with van der Waals surface area (Å²) in [4.78, 5) is 36.6. The monoisotopic (exact) mass is 306 g/mol. The zero-order valence-corrected chi connectivity index (χ0v) is 13.2. The summed E-state index contributed by atoms with van der Waals surface area (Å²) in [5, 5.41) is 2.60.